The van der Waals surface area contributed by atoms with Gasteiger partial charge in [0.1, 0.15) is 5.60 Å². The zero-order valence-electron chi connectivity index (χ0n) is 14.3. The number of carbonyl (C=O) groups is 2. The number of benzene rings is 1. The molecule has 0 atom stereocenters. The second-order valence-corrected chi connectivity index (χ2v) is 8.09. The van der Waals surface area contributed by atoms with Gasteiger partial charge in [-0.1, -0.05) is 11.6 Å². The van der Waals surface area contributed by atoms with Crippen LogP contribution in [0.25, 0.3) is 0 Å². The molecule has 0 unspecified atom stereocenters. The van der Waals surface area contributed by atoms with Crippen LogP contribution in [0.4, 0.5) is 4.79 Å². The van der Waals surface area contributed by atoms with Gasteiger partial charge < -0.3 is 14.5 Å². The highest BCUT2D eigenvalue weighted by molar-refractivity contribution is 7.72. The first-order valence-electron chi connectivity index (χ1n) is 7.79. The summed E-state index contributed by atoms with van der Waals surface area (Å²) in [5.74, 6) is -0.293. The molecule has 1 fully saturated rings. The topological polar surface area (TPSA) is 84.0 Å². The Bertz CT molecular complexity index is 741. The van der Waals surface area contributed by atoms with Crippen molar-refractivity contribution in [1.29, 1.82) is 0 Å². The lowest BCUT2D eigenvalue weighted by Gasteiger charge is -2.35. The molecule has 9 heteroatoms. The highest BCUT2D eigenvalue weighted by Gasteiger charge is 2.28. The van der Waals surface area contributed by atoms with Gasteiger partial charge in [-0.15, -0.1) is 0 Å². The zero-order valence-corrected chi connectivity index (χ0v) is 16.0. The molecule has 0 bridgehead atoms. The minimum absolute atomic E-state index is 0.0742. The molecule has 0 aliphatic carbocycles. The molecule has 0 aromatic heterocycles. The van der Waals surface area contributed by atoms with E-state index in [0.29, 0.717) is 26.2 Å². The summed E-state index contributed by atoms with van der Waals surface area (Å²) in [5.41, 5.74) is -0.317. The number of nitrogens with zero attached hydrogens (tertiary/aromatic N) is 2. The lowest BCUT2D eigenvalue weighted by Crippen LogP contribution is -2.51. The standard InChI is InChI=1S/C16H21ClN2O5S/c1-16(2,3)24-15(21)19-8-6-18(7-9-19)14(20)11-4-5-12(17)13(10-11)25(22)23/h4-5,10,25H,6-9H2,1-3H3. The van der Waals surface area contributed by atoms with Gasteiger partial charge >= 0.3 is 6.09 Å². The van der Waals surface area contributed by atoms with Crippen molar-refractivity contribution in [3.8, 4) is 0 Å². The molecule has 1 heterocycles. The number of rotatable bonds is 2. The molecule has 2 rings (SSSR count). The molecule has 1 aromatic carbocycles. The molecule has 1 saturated heterocycles. The van der Waals surface area contributed by atoms with Crippen molar-refractivity contribution < 1.29 is 22.7 Å². The number of ether oxygens (including phenoxy) is 1. The number of halogens is 1. The van der Waals surface area contributed by atoms with Gasteiger partial charge in [0.25, 0.3) is 5.91 Å². The number of carbonyl (C=O) groups excluding carboxylic acids is 2. The Morgan fingerprint density at radius 1 is 1.08 bits per heavy atom. The molecule has 0 radical (unpaired) electrons. The summed E-state index contributed by atoms with van der Waals surface area (Å²) in [6, 6.07) is 4.16. The minimum atomic E-state index is -2.88. The molecule has 0 spiro atoms. The first-order chi connectivity index (χ1) is 11.6. The van der Waals surface area contributed by atoms with Gasteiger partial charge in [-0.25, -0.2) is 13.2 Å². The molecule has 1 aliphatic rings. The van der Waals surface area contributed by atoms with E-state index in [2.05, 4.69) is 0 Å². The van der Waals surface area contributed by atoms with Crippen molar-refractivity contribution in [2.45, 2.75) is 31.3 Å². The van der Waals surface area contributed by atoms with Crippen molar-refractivity contribution >= 4 is 34.3 Å². The third-order valence-electron chi connectivity index (χ3n) is 3.61. The number of hydrogen-bond acceptors (Lipinski definition) is 5. The van der Waals surface area contributed by atoms with Crippen LogP contribution < -0.4 is 0 Å². The maximum absolute atomic E-state index is 12.5. The summed E-state index contributed by atoms with van der Waals surface area (Å²) in [5, 5.41) is 0.0856. The quantitative estimate of drug-likeness (QED) is 0.783. The maximum Gasteiger partial charge on any atom is 0.410 e. The highest BCUT2D eigenvalue weighted by Crippen LogP contribution is 2.20. The van der Waals surface area contributed by atoms with Gasteiger partial charge in [0.05, 0.1) is 9.92 Å². The predicted octanol–water partition coefficient (Wildman–Crippen LogP) is 2.00. The number of thiol groups is 1. The third-order valence-corrected chi connectivity index (χ3v) is 4.83. The summed E-state index contributed by atoms with van der Waals surface area (Å²) < 4.78 is 27.7. The molecule has 7 nitrogen and oxygen atoms in total. The first kappa shape index (κ1) is 19.5. The monoisotopic (exact) mass is 388 g/mol. The minimum Gasteiger partial charge on any atom is -0.444 e. The fraction of sp³-hybridized carbons (Fsp3) is 0.500. The highest BCUT2D eigenvalue weighted by atomic mass is 35.5. The van der Waals surface area contributed by atoms with E-state index in [-0.39, 0.29) is 21.4 Å². The lowest BCUT2D eigenvalue weighted by molar-refractivity contribution is 0.0141. The van der Waals surface area contributed by atoms with Crippen LogP contribution in [0.1, 0.15) is 31.1 Å². The van der Waals surface area contributed by atoms with Crippen molar-refractivity contribution in [3.63, 3.8) is 0 Å². The average Bonchev–Trinajstić information content (AvgIpc) is 2.53. The van der Waals surface area contributed by atoms with Crippen molar-refractivity contribution in [1.82, 2.24) is 9.80 Å². The van der Waals surface area contributed by atoms with Gasteiger partial charge in [-0.05, 0) is 39.0 Å². The van der Waals surface area contributed by atoms with Gasteiger partial charge in [0.15, 0.2) is 10.7 Å². The Labute approximate surface area is 153 Å². The van der Waals surface area contributed by atoms with Crippen molar-refractivity contribution in [2.24, 2.45) is 0 Å². The van der Waals surface area contributed by atoms with E-state index in [1.807, 2.05) is 0 Å². The summed E-state index contributed by atoms with van der Waals surface area (Å²) >= 11 is 5.82. The van der Waals surface area contributed by atoms with Gasteiger partial charge in [0.2, 0.25) is 0 Å². The van der Waals surface area contributed by atoms with E-state index in [1.165, 1.54) is 18.2 Å². The van der Waals surface area contributed by atoms with Crippen LogP contribution in [-0.2, 0) is 15.4 Å². The average molecular weight is 389 g/mol. The van der Waals surface area contributed by atoms with Crippen molar-refractivity contribution in [3.05, 3.63) is 28.8 Å². The summed E-state index contributed by atoms with van der Waals surface area (Å²) in [6.07, 6.45) is -0.406. The molecule has 25 heavy (non-hydrogen) atoms. The Kier molecular flexibility index (Phi) is 5.95. The fourth-order valence-corrected chi connectivity index (χ4v) is 3.20. The Morgan fingerprint density at radius 2 is 1.64 bits per heavy atom. The van der Waals surface area contributed by atoms with Crippen LogP contribution in [0.3, 0.4) is 0 Å². The molecular formula is C16H21ClN2O5S. The SMILES string of the molecule is CC(C)(C)OC(=O)N1CCN(C(=O)c2ccc(Cl)c([SH](=O)=O)c2)CC1. The van der Waals surface area contributed by atoms with Crippen LogP contribution in [0.15, 0.2) is 23.1 Å². The summed E-state index contributed by atoms with van der Waals surface area (Å²) in [4.78, 5) is 27.6. The second-order valence-electron chi connectivity index (χ2n) is 6.68. The smallest absolute Gasteiger partial charge is 0.410 e. The number of piperazine rings is 1. The zero-order chi connectivity index (χ0) is 18.8. The Morgan fingerprint density at radius 3 is 2.16 bits per heavy atom. The molecular weight excluding hydrogens is 368 g/mol. The Balaban J connectivity index is 2.02. The molecule has 138 valence electrons. The third kappa shape index (κ3) is 5.09. The first-order valence-corrected chi connectivity index (χ1v) is 9.35. The molecule has 0 saturated carbocycles. The van der Waals surface area contributed by atoms with E-state index >= 15 is 0 Å². The molecule has 2 amide bonds. The van der Waals surface area contributed by atoms with Gasteiger partial charge in [0, 0.05) is 31.7 Å². The summed E-state index contributed by atoms with van der Waals surface area (Å²) in [7, 11) is -2.88. The van der Waals surface area contributed by atoms with Crippen LogP contribution in [0.2, 0.25) is 5.02 Å². The molecule has 1 aromatic rings. The van der Waals surface area contributed by atoms with Crippen molar-refractivity contribution in [2.75, 3.05) is 26.2 Å². The second kappa shape index (κ2) is 7.61. The fourth-order valence-electron chi connectivity index (χ4n) is 2.39. The predicted molar refractivity (Wildman–Crippen MR) is 93.7 cm³/mol. The summed E-state index contributed by atoms with van der Waals surface area (Å²) in [6.45, 7) is 6.80. The van der Waals surface area contributed by atoms with E-state index in [4.69, 9.17) is 16.3 Å². The Hall–Kier alpha value is -1.80. The van der Waals surface area contributed by atoms with Gasteiger partial charge in [-0.3, -0.25) is 4.79 Å². The van der Waals surface area contributed by atoms with E-state index in [1.54, 1.807) is 30.6 Å². The maximum atomic E-state index is 12.5. The van der Waals surface area contributed by atoms with E-state index in [9.17, 15) is 18.0 Å². The number of amides is 2. The number of hydrogen-bond donors (Lipinski definition) is 1. The lowest BCUT2D eigenvalue weighted by atomic mass is 10.2. The van der Waals surface area contributed by atoms with Crippen LogP contribution in [0, 0.1) is 0 Å². The molecule has 0 N–H and O–H groups in total. The largest absolute Gasteiger partial charge is 0.444 e. The van der Waals surface area contributed by atoms with Gasteiger partial charge in [-0.2, -0.15) is 0 Å². The normalized spacial score (nSPS) is 15.4. The van der Waals surface area contributed by atoms with E-state index in [0.717, 1.165) is 0 Å². The van der Waals surface area contributed by atoms with Crippen LogP contribution >= 0.6 is 11.6 Å². The molecule has 1 aliphatic heterocycles. The van der Waals surface area contributed by atoms with Crippen LogP contribution in [0.5, 0.6) is 0 Å². The van der Waals surface area contributed by atoms with E-state index < -0.39 is 22.4 Å². The van der Waals surface area contributed by atoms with Crippen LogP contribution in [-0.4, -0.2) is 62.0 Å².